The summed E-state index contributed by atoms with van der Waals surface area (Å²) < 4.78 is 7.83. The summed E-state index contributed by atoms with van der Waals surface area (Å²) in [6.45, 7) is 12.7. The highest BCUT2D eigenvalue weighted by atomic mass is 16.5. The Balaban J connectivity index is 1.24. The standard InChI is InChI=1S/C24H37N7O/c1-3-25-24(31-15-16-32-23(20-31)22-17-27-28(2)19-22)26-9-10-29-11-13-30(14-12-29)18-21-7-5-4-6-8-21/h4-8,17,19,23H,3,9-16,18,20H2,1-2H3,(H,25,26). The smallest absolute Gasteiger partial charge is 0.194 e. The number of benzene rings is 1. The average molecular weight is 440 g/mol. The molecular formula is C24H37N7O. The zero-order valence-corrected chi connectivity index (χ0v) is 19.5. The van der Waals surface area contributed by atoms with Crippen molar-refractivity contribution in [2.75, 3.05) is 65.5 Å². The highest BCUT2D eigenvalue weighted by Gasteiger charge is 2.25. The third-order valence-corrected chi connectivity index (χ3v) is 6.19. The van der Waals surface area contributed by atoms with Gasteiger partial charge in [0.15, 0.2) is 5.96 Å². The molecule has 0 amide bonds. The number of nitrogens with one attached hydrogen (secondary N) is 1. The van der Waals surface area contributed by atoms with E-state index in [1.807, 2.05) is 24.1 Å². The van der Waals surface area contributed by atoms with Crippen molar-refractivity contribution in [2.24, 2.45) is 12.0 Å². The number of hydrogen-bond donors (Lipinski definition) is 1. The fourth-order valence-electron chi connectivity index (χ4n) is 4.39. The van der Waals surface area contributed by atoms with Gasteiger partial charge in [-0.1, -0.05) is 30.3 Å². The summed E-state index contributed by atoms with van der Waals surface area (Å²) in [5, 5.41) is 7.77. The number of aromatic nitrogens is 2. The van der Waals surface area contributed by atoms with E-state index in [2.05, 4.69) is 62.4 Å². The molecule has 0 saturated carbocycles. The summed E-state index contributed by atoms with van der Waals surface area (Å²) in [7, 11) is 1.94. The molecule has 2 saturated heterocycles. The molecule has 0 bridgehead atoms. The van der Waals surface area contributed by atoms with E-state index >= 15 is 0 Å². The molecule has 174 valence electrons. The lowest BCUT2D eigenvalue weighted by Crippen LogP contribution is -2.49. The minimum absolute atomic E-state index is 0.0407. The van der Waals surface area contributed by atoms with E-state index in [9.17, 15) is 0 Å². The topological polar surface area (TPSA) is 61.2 Å². The van der Waals surface area contributed by atoms with Gasteiger partial charge in [0.25, 0.3) is 0 Å². The molecule has 1 atom stereocenters. The van der Waals surface area contributed by atoms with Crippen LogP contribution in [0.2, 0.25) is 0 Å². The molecule has 0 radical (unpaired) electrons. The molecule has 8 nitrogen and oxygen atoms in total. The van der Waals surface area contributed by atoms with Crippen molar-refractivity contribution in [1.82, 2.24) is 29.8 Å². The third-order valence-electron chi connectivity index (χ3n) is 6.19. The molecule has 2 aliphatic heterocycles. The first-order chi connectivity index (χ1) is 15.7. The van der Waals surface area contributed by atoms with Crippen molar-refractivity contribution in [1.29, 1.82) is 0 Å². The number of aryl methyl sites for hydroxylation is 1. The van der Waals surface area contributed by atoms with Gasteiger partial charge in [-0.3, -0.25) is 19.5 Å². The van der Waals surface area contributed by atoms with E-state index in [-0.39, 0.29) is 6.10 Å². The van der Waals surface area contributed by atoms with E-state index in [0.29, 0.717) is 6.61 Å². The molecule has 2 aromatic rings. The quantitative estimate of drug-likeness (QED) is 0.522. The van der Waals surface area contributed by atoms with Crippen molar-refractivity contribution < 1.29 is 4.74 Å². The van der Waals surface area contributed by atoms with Gasteiger partial charge >= 0.3 is 0 Å². The molecular weight excluding hydrogens is 402 g/mol. The van der Waals surface area contributed by atoms with Gasteiger partial charge in [0.1, 0.15) is 6.10 Å². The van der Waals surface area contributed by atoms with E-state index < -0.39 is 0 Å². The van der Waals surface area contributed by atoms with Crippen LogP contribution in [0.1, 0.15) is 24.2 Å². The summed E-state index contributed by atoms with van der Waals surface area (Å²) in [6, 6.07) is 10.8. The van der Waals surface area contributed by atoms with Gasteiger partial charge in [-0.2, -0.15) is 5.10 Å². The number of guanidine groups is 1. The second-order valence-corrected chi connectivity index (χ2v) is 8.59. The highest BCUT2D eigenvalue weighted by molar-refractivity contribution is 5.80. The lowest BCUT2D eigenvalue weighted by atomic mass is 10.1. The maximum atomic E-state index is 6.00. The molecule has 2 aliphatic rings. The van der Waals surface area contributed by atoms with E-state index in [4.69, 9.17) is 9.73 Å². The van der Waals surface area contributed by atoms with Crippen LogP contribution >= 0.6 is 0 Å². The minimum Gasteiger partial charge on any atom is -0.370 e. The van der Waals surface area contributed by atoms with Crippen LogP contribution in [0, 0.1) is 0 Å². The van der Waals surface area contributed by atoms with E-state index in [0.717, 1.165) is 77.0 Å². The first-order valence-electron chi connectivity index (χ1n) is 11.8. The summed E-state index contributed by atoms with van der Waals surface area (Å²) >= 11 is 0. The van der Waals surface area contributed by atoms with Crippen LogP contribution in [-0.4, -0.2) is 95.9 Å². The van der Waals surface area contributed by atoms with Crippen LogP contribution in [0.3, 0.4) is 0 Å². The van der Waals surface area contributed by atoms with Crippen LogP contribution < -0.4 is 5.32 Å². The first kappa shape index (κ1) is 22.8. The minimum atomic E-state index is 0.0407. The van der Waals surface area contributed by atoms with Gasteiger partial charge in [0.05, 0.1) is 25.9 Å². The Morgan fingerprint density at radius 2 is 1.91 bits per heavy atom. The number of ether oxygens (including phenoxy) is 1. The molecule has 32 heavy (non-hydrogen) atoms. The van der Waals surface area contributed by atoms with Gasteiger partial charge in [0, 0.05) is 71.2 Å². The Morgan fingerprint density at radius 3 is 2.62 bits per heavy atom. The Hall–Kier alpha value is -2.42. The van der Waals surface area contributed by atoms with Crippen LogP contribution in [0.15, 0.2) is 47.7 Å². The number of hydrogen-bond acceptors (Lipinski definition) is 5. The first-order valence-corrected chi connectivity index (χ1v) is 11.8. The monoisotopic (exact) mass is 439 g/mol. The molecule has 0 aliphatic carbocycles. The van der Waals surface area contributed by atoms with E-state index in [1.165, 1.54) is 5.56 Å². The predicted octanol–water partition coefficient (Wildman–Crippen LogP) is 1.58. The van der Waals surface area contributed by atoms with Crippen molar-refractivity contribution in [3.63, 3.8) is 0 Å². The SMILES string of the molecule is CCNC(=NCCN1CCN(Cc2ccccc2)CC1)N1CCOC(c2cnn(C)c2)C1. The van der Waals surface area contributed by atoms with Crippen molar-refractivity contribution in [3.05, 3.63) is 53.9 Å². The van der Waals surface area contributed by atoms with Gasteiger partial charge in [-0.05, 0) is 12.5 Å². The predicted molar refractivity (Wildman–Crippen MR) is 128 cm³/mol. The lowest BCUT2D eigenvalue weighted by molar-refractivity contribution is -0.00806. The zero-order chi connectivity index (χ0) is 22.2. The number of nitrogens with zero attached hydrogens (tertiary/aromatic N) is 6. The molecule has 8 heteroatoms. The second-order valence-electron chi connectivity index (χ2n) is 8.59. The fourth-order valence-corrected chi connectivity index (χ4v) is 4.39. The fraction of sp³-hybridized carbons (Fsp3) is 0.583. The normalized spacial score (nSPS) is 21.1. The highest BCUT2D eigenvalue weighted by Crippen LogP contribution is 2.21. The number of morpholine rings is 1. The molecule has 3 heterocycles. The number of rotatable bonds is 7. The zero-order valence-electron chi connectivity index (χ0n) is 19.5. The second kappa shape index (κ2) is 11.4. The molecule has 1 aromatic carbocycles. The molecule has 2 fully saturated rings. The number of aliphatic imine (C=N–C) groups is 1. The van der Waals surface area contributed by atoms with E-state index in [1.54, 1.807) is 0 Å². The van der Waals surface area contributed by atoms with Crippen molar-refractivity contribution in [3.8, 4) is 0 Å². The third kappa shape index (κ3) is 6.31. The van der Waals surface area contributed by atoms with Gasteiger partial charge in [0.2, 0.25) is 0 Å². The molecule has 4 rings (SSSR count). The van der Waals surface area contributed by atoms with Crippen LogP contribution in [-0.2, 0) is 18.3 Å². The van der Waals surface area contributed by atoms with Crippen molar-refractivity contribution >= 4 is 5.96 Å². The Labute approximate surface area is 191 Å². The molecule has 0 spiro atoms. The van der Waals surface area contributed by atoms with Crippen LogP contribution in [0.4, 0.5) is 0 Å². The van der Waals surface area contributed by atoms with Crippen LogP contribution in [0.25, 0.3) is 0 Å². The van der Waals surface area contributed by atoms with Crippen LogP contribution in [0.5, 0.6) is 0 Å². The Morgan fingerprint density at radius 1 is 1.12 bits per heavy atom. The Bertz CT molecular complexity index is 845. The average Bonchev–Trinajstić information content (AvgIpc) is 3.27. The lowest BCUT2D eigenvalue weighted by Gasteiger charge is -2.35. The largest absolute Gasteiger partial charge is 0.370 e. The Kier molecular flexibility index (Phi) is 8.14. The summed E-state index contributed by atoms with van der Waals surface area (Å²) in [5.74, 6) is 0.993. The van der Waals surface area contributed by atoms with Gasteiger partial charge in [-0.25, -0.2) is 0 Å². The van der Waals surface area contributed by atoms with Crippen molar-refractivity contribution in [2.45, 2.75) is 19.6 Å². The van der Waals surface area contributed by atoms with Gasteiger partial charge in [-0.15, -0.1) is 0 Å². The molecule has 1 aromatic heterocycles. The molecule has 1 N–H and O–H groups in total. The summed E-state index contributed by atoms with van der Waals surface area (Å²) in [4.78, 5) is 12.4. The number of piperazine rings is 1. The summed E-state index contributed by atoms with van der Waals surface area (Å²) in [6.07, 6.45) is 3.98. The molecule has 1 unspecified atom stereocenters. The van der Waals surface area contributed by atoms with Gasteiger partial charge < -0.3 is 15.0 Å². The maximum Gasteiger partial charge on any atom is 0.194 e. The maximum absolute atomic E-state index is 6.00. The summed E-state index contributed by atoms with van der Waals surface area (Å²) in [5.41, 5.74) is 2.53.